The Bertz CT molecular complexity index is 949. The predicted molar refractivity (Wildman–Crippen MR) is 100.0 cm³/mol. The number of anilines is 1. The Kier molecular flexibility index (Phi) is 4.61. The second-order valence-electron chi connectivity index (χ2n) is 6.42. The number of carboxylic acid groups (broad SMARTS) is 1. The quantitative estimate of drug-likeness (QED) is 0.214. The van der Waals surface area contributed by atoms with Crippen LogP contribution in [0.5, 0.6) is 0 Å². The SMILES string of the molecule is CO/N=C(/C(=O)NC1C(=O)N2C1CSC1CC(=O)OC12C(=O)O)c1csc(N)n1. The Morgan fingerprint density at radius 1 is 1.52 bits per heavy atom. The van der Waals surface area contributed by atoms with Gasteiger partial charge in [-0.1, -0.05) is 5.16 Å². The van der Waals surface area contributed by atoms with Gasteiger partial charge >= 0.3 is 11.9 Å². The number of thioether (sulfide) groups is 1. The zero-order valence-corrected chi connectivity index (χ0v) is 16.5. The minimum Gasteiger partial charge on any atom is -0.477 e. The monoisotopic (exact) mass is 441 g/mol. The fourth-order valence-corrected chi connectivity index (χ4v) is 5.69. The number of thiazole rings is 1. The van der Waals surface area contributed by atoms with Gasteiger partial charge < -0.3 is 25.7 Å². The van der Waals surface area contributed by atoms with Gasteiger partial charge in [-0.25, -0.2) is 9.78 Å². The van der Waals surface area contributed by atoms with Crippen LogP contribution in [-0.2, 0) is 28.8 Å². The van der Waals surface area contributed by atoms with E-state index in [1.807, 2.05) is 0 Å². The van der Waals surface area contributed by atoms with Crippen LogP contribution in [0.4, 0.5) is 5.13 Å². The summed E-state index contributed by atoms with van der Waals surface area (Å²) >= 11 is 2.33. The molecule has 154 valence electrons. The van der Waals surface area contributed by atoms with Gasteiger partial charge in [0, 0.05) is 11.1 Å². The van der Waals surface area contributed by atoms with Crippen LogP contribution in [0, 0.1) is 0 Å². The lowest BCUT2D eigenvalue weighted by atomic mass is 9.89. The molecule has 3 aliphatic rings. The summed E-state index contributed by atoms with van der Waals surface area (Å²) in [6, 6.07) is -1.65. The number of oxime groups is 1. The Morgan fingerprint density at radius 2 is 2.28 bits per heavy atom. The lowest BCUT2D eigenvalue weighted by molar-refractivity contribution is -0.213. The molecule has 2 amide bonds. The molecule has 3 aliphatic heterocycles. The molecule has 0 aliphatic carbocycles. The van der Waals surface area contributed by atoms with Crippen molar-refractivity contribution in [1.29, 1.82) is 0 Å². The molecule has 4 atom stereocenters. The number of β-lactam (4-membered cyclic amide) rings is 1. The van der Waals surface area contributed by atoms with E-state index >= 15 is 0 Å². The second kappa shape index (κ2) is 6.88. The fourth-order valence-electron chi connectivity index (χ4n) is 3.63. The Labute approximate surface area is 171 Å². The van der Waals surface area contributed by atoms with Crippen LogP contribution in [0.3, 0.4) is 0 Å². The van der Waals surface area contributed by atoms with E-state index < -0.39 is 46.8 Å². The van der Waals surface area contributed by atoms with Gasteiger partial charge in [0.15, 0.2) is 10.8 Å². The number of rotatable bonds is 5. The second-order valence-corrected chi connectivity index (χ2v) is 8.55. The largest absolute Gasteiger partial charge is 0.477 e. The highest BCUT2D eigenvalue weighted by molar-refractivity contribution is 8.00. The maximum atomic E-state index is 12.8. The molecule has 0 aromatic carbocycles. The fraction of sp³-hybridized carbons (Fsp3) is 0.467. The minimum absolute atomic E-state index is 0.0968. The first-order valence-electron chi connectivity index (χ1n) is 8.33. The zero-order chi connectivity index (χ0) is 20.9. The van der Waals surface area contributed by atoms with Gasteiger partial charge in [0.05, 0.1) is 17.7 Å². The van der Waals surface area contributed by atoms with E-state index in [0.29, 0.717) is 5.75 Å². The number of nitrogens with one attached hydrogen (secondary N) is 1. The average Bonchev–Trinajstić information content (AvgIpc) is 3.25. The Balaban J connectivity index is 1.56. The van der Waals surface area contributed by atoms with Crippen molar-refractivity contribution >= 4 is 57.7 Å². The standard InChI is InChI=1S/C15H15N5O7S2/c1-26-19-9(5-3-29-14(16)17-5)11(22)18-10-6-4-28-7-2-8(21)27-15(7,13(24)25)20(6)12(10)23/h3,6-7,10H,2,4H2,1H3,(H2,16,17)(H,18,22)(H,24,25)/b19-9+. The molecule has 4 unspecified atom stereocenters. The van der Waals surface area contributed by atoms with Crippen molar-refractivity contribution in [3.8, 4) is 0 Å². The molecule has 4 N–H and O–H groups in total. The first kappa shape index (κ1) is 19.4. The average molecular weight is 441 g/mol. The number of aliphatic carboxylic acids is 1. The molecule has 1 aromatic rings. The van der Waals surface area contributed by atoms with Gasteiger partial charge in [0.25, 0.3) is 17.5 Å². The first-order chi connectivity index (χ1) is 13.8. The van der Waals surface area contributed by atoms with Crippen molar-refractivity contribution in [3.63, 3.8) is 0 Å². The van der Waals surface area contributed by atoms with Crippen LogP contribution in [-0.4, -0.2) is 80.4 Å². The summed E-state index contributed by atoms with van der Waals surface area (Å²) in [7, 11) is 1.25. The van der Waals surface area contributed by atoms with Crippen LogP contribution in [0.2, 0.25) is 0 Å². The number of carbonyl (C=O) groups is 4. The lowest BCUT2D eigenvalue weighted by Gasteiger charge is -2.56. The molecule has 0 bridgehead atoms. The molecule has 0 spiro atoms. The van der Waals surface area contributed by atoms with Crippen molar-refractivity contribution < 1.29 is 33.9 Å². The van der Waals surface area contributed by atoms with Gasteiger partial charge in [0.1, 0.15) is 18.8 Å². The summed E-state index contributed by atoms with van der Waals surface area (Å²) in [5.74, 6) is -3.13. The first-order valence-corrected chi connectivity index (χ1v) is 10.3. The van der Waals surface area contributed by atoms with Crippen molar-refractivity contribution in [3.05, 3.63) is 11.1 Å². The van der Waals surface area contributed by atoms with E-state index in [2.05, 4.69) is 20.3 Å². The molecule has 3 saturated heterocycles. The van der Waals surface area contributed by atoms with E-state index in [-0.39, 0.29) is 23.0 Å². The molecule has 0 saturated carbocycles. The number of carbonyl (C=O) groups excluding carboxylic acids is 3. The number of hydrogen-bond acceptors (Lipinski definition) is 11. The highest BCUT2D eigenvalue weighted by atomic mass is 32.2. The molecule has 1 aromatic heterocycles. The van der Waals surface area contributed by atoms with Crippen molar-refractivity contribution in [2.24, 2.45) is 5.16 Å². The summed E-state index contributed by atoms with van der Waals surface area (Å²) < 4.78 is 5.10. The van der Waals surface area contributed by atoms with Crippen molar-refractivity contribution in [2.75, 3.05) is 18.6 Å². The maximum Gasteiger partial charge on any atom is 0.371 e. The molecular formula is C15H15N5O7S2. The van der Waals surface area contributed by atoms with E-state index in [0.717, 1.165) is 16.2 Å². The zero-order valence-electron chi connectivity index (χ0n) is 14.9. The van der Waals surface area contributed by atoms with Crippen LogP contribution < -0.4 is 11.1 Å². The van der Waals surface area contributed by atoms with Crippen molar-refractivity contribution in [1.82, 2.24) is 15.2 Å². The number of nitrogens with zero attached hydrogens (tertiary/aromatic N) is 3. The third kappa shape index (κ3) is 2.81. The lowest BCUT2D eigenvalue weighted by Crippen LogP contribution is -2.82. The third-order valence-electron chi connectivity index (χ3n) is 4.86. The number of esters is 1. The molecule has 0 radical (unpaired) electrons. The number of fused-ring (bicyclic) bond motifs is 3. The number of hydrogen-bond donors (Lipinski definition) is 3. The highest BCUT2D eigenvalue weighted by Crippen LogP contribution is 2.49. The van der Waals surface area contributed by atoms with Crippen LogP contribution in [0.15, 0.2) is 10.5 Å². The number of nitrogen functional groups attached to an aromatic ring is 1. The summed E-state index contributed by atoms with van der Waals surface area (Å²) in [4.78, 5) is 58.8. The number of ether oxygens (including phenoxy) is 1. The molecular weight excluding hydrogens is 426 g/mol. The molecule has 29 heavy (non-hydrogen) atoms. The van der Waals surface area contributed by atoms with Crippen LogP contribution in [0.1, 0.15) is 12.1 Å². The Morgan fingerprint density at radius 3 is 2.90 bits per heavy atom. The normalized spacial score (nSPS) is 30.7. The van der Waals surface area contributed by atoms with E-state index in [1.54, 1.807) is 0 Å². The number of amides is 2. The molecule has 4 heterocycles. The van der Waals surface area contributed by atoms with Gasteiger partial charge in [-0.05, 0) is 0 Å². The molecule has 4 rings (SSSR count). The van der Waals surface area contributed by atoms with E-state index in [4.69, 9.17) is 10.5 Å². The topological polar surface area (TPSA) is 174 Å². The number of aromatic nitrogens is 1. The smallest absolute Gasteiger partial charge is 0.371 e. The van der Waals surface area contributed by atoms with Gasteiger partial charge in [-0.2, -0.15) is 0 Å². The number of carboxylic acids is 1. The summed E-state index contributed by atoms with van der Waals surface area (Å²) in [5.41, 5.74) is 3.55. The maximum absolute atomic E-state index is 12.8. The van der Waals surface area contributed by atoms with Crippen LogP contribution in [0.25, 0.3) is 0 Å². The summed E-state index contributed by atoms with van der Waals surface area (Å²) in [5, 5.41) is 16.9. The molecule has 12 nitrogen and oxygen atoms in total. The highest BCUT2D eigenvalue weighted by Gasteiger charge is 2.71. The van der Waals surface area contributed by atoms with Crippen LogP contribution >= 0.6 is 23.1 Å². The predicted octanol–water partition coefficient (Wildman–Crippen LogP) is -1.39. The molecule has 14 heteroatoms. The van der Waals surface area contributed by atoms with Gasteiger partial charge in [-0.3, -0.25) is 19.3 Å². The molecule has 3 fully saturated rings. The van der Waals surface area contributed by atoms with Crippen molar-refractivity contribution in [2.45, 2.75) is 29.5 Å². The van der Waals surface area contributed by atoms with Gasteiger partial charge in [-0.15, -0.1) is 23.1 Å². The van der Waals surface area contributed by atoms with E-state index in [9.17, 15) is 24.3 Å². The third-order valence-corrected chi connectivity index (χ3v) is 6.96. The summed E-state index contributed by atoms with van der Waals surface area (Å²) in [6.07, 6.45) is -0.0968. The van der Waals surface area contributed by atoms with Gasteiger partial charge in [0.2, 0.25) is 0 Å². The Hall–Kier alpha value is -2.87. The minimum atomic E-state index is -2.05. The van der Waals surface area contributed by atoms with E-state index in [1.165, 1.54) is 24.3 Å². The summed E-state index contributed by atoms with van der Waals surface area (Å²) in [6.45, 7) is 0. The number of nitrogens with two attached hydrogens (primary N) is 1.